The van der Waals surface area contributed by atoms with Gasteiger partial charge in [-0.1, -0.05) is 17.7 Å². The number of urea groups is 1. The van der Waals surface area contributed by atoms with Crippen molar-refractivity contribution in [3.05, 3.63) is 34.5 Å². The van der Waals surface area contributed by atoms with Crippen molar-refractivity contribution in [1.82, 2.24) is 10.2 Å². The predicted octanol–water partition coefficient (Wildman–Crippen LogP) is 1.41. The number of carbonyl (C=O) groups is 3. The van der Waals surface area contributed by atoms with Gasteiger partial charge < -0.3 is 14.8 Å². The molecule has 1 aromatic rings. The topological polar surface area (TPSA) is 84.9 Å². The van der Waals surface area contributed by atoms with Crippen LogP contribution in [0.5, 0.6) is 5.75 Å². The summed E-state index contributed by atoms with van der Waals surface area (Å²) in [6, 6.07) is 4.24. The number of rotatable bonds is 4. The van der Waals surface area contributed by atoms with E-state index in [4.69, 9.17) is 16.3 Å². The van der Waals surface area contributed by atoms with Crippen LogP contribution in [-0.4, -0.2) is 43.6 Å². The molecule has 8 heteroatoms. The van der Waals surface area contributed by atoms with Crippen LogP contribution >= 0.6 is 11.6 Å². The third-order valence-corrected chi connectivity index (χ3v) is 3.26. The van der Waals surface area contributed by atoms with Gasteiger partial charge in [0, 0.05) is 0 Å². The van der Waals surface area contributed by atoms with Crippen LogP contribution in [0.15, 0.2) is 23.9 Å². The van der Waals surface area contributed by atoms with Crippen LogP contribution in [0.1, 0.15) is 5.56 Å². The van der Waals surface area contributed by atoms with Gasteiger partial charge in [-0.25, -0.2) is 9.69 Å². The number of esters is 1. The van der Waals surface area contributed by atoms with E-state index >= 15 is 0 Å². The lowest BCUT2D eigenvalue weighted by atomic mass is 10.2. The lowest BCUT2D eigenvalue weighted by molar-refractivity contribution is -0.143. The van der Waals surface area contributed by atoms with Crippen LogP contribution in [0.4, 0.5) is 4.79 Å². The smallest absolute Gasteiger partial charge is 0.329 e. The van der Waals surface area contributed by atoms with E-state index in [2.05, 4.69) is 10.1 Å². The Morgan fingerprint density at radius 3 is 2.68 bits per heavy atom. The summed E-state index contributed by atoms with van der Waals surface area (Å²) in [6.07, 6.45) is 1.46. The Balaban J connectivity index is 2.22. The second-order valence-corrected chi connectivity index (χ2v) is 4.76. The minimum absolute atomic E-state index is 0.0511. The zero-order valence-electron chi connectivity index (χ0n) is 11.9. The average Bonchev–Trinajstić information content (AvgIpc) is 2.75. The van der Waals surface area contributed by atoms with Crippen molar-refractivity contribution < 1.29 is 23.9 Å². The molecular weight excluding hydrogens is 312 g/mol. The highest BCUT2D eigenvalue weighted by Crippen LogP contribution is 2.26. The van der Waals surface area contributed by atoms with Gasteiger partial charge in [-0.3, -0.25) is 9.59 Å². The normalized spacial score (nSPS) is 16.0. The summed E-state index contributed by atoms with van der Waals surface area (Å²) in [6.45, 7) is -0.443. The van der Waals surface area contributed by atoms with Gasteiger partial charge in [-0.05, 0) is 23.8 Å². The van der Waals surface area contributed by atoms with E-state index in [1.165, 1.54) is 20.3 Å². The Morgan fingerprint density at radius 1 is 1.36 bits per heavy atom. The number of hydrogen-bond acceptors (Lipinski definition) is 5. The Morgan fingerprint density at radius 2 is 2.09 bits per heavy atom. The van der Waals surface area contributed by atoms with E-state index in [1.54, 1.807) is 18.2 Å². The molecule has 0 radical (unpaired) electrons. The third-order valence-electron chi connectivity index (χ3n) is 2.96. The Labute approximate surface area is 131 Å². The molecule has 1 saturated heterocycles. The first-order chi connectivity index (χ1) is 10.5. The third kappa shape index (κ3) is 3.20. The molecular formula is C14H13ClN2O5. The molecule has 7 nitrogen and oxygen atoms in total. The lowest BCUT2D eigenvalue weighted by Crippen LogP contribution is -2.36. The molecule has 2 rings (SSSR count). The quantitative estimate of drug-likeness (QED) is 0.514. The zero-order chi connectivity index (χ0) is 16.3. The fourth-order valence-electron chi connectivity index (χ4n) is 1.85. The van der Waals surface area contributed by atoms with Crippen LogP contribution in [0.2, 0.25) is 5.02 Å². The van der Waals surface area contributed by atoms with Crippen LogP contribution in [0.25, 0.3) is 6.08 Å². The molecule has 1 aromatic carbocycles. The second-order valence-electron chi connectivity index (χ2n) is 4.35. The SMILES string of the molecule is COC(=O)CN1C(=O)NC(=Cc2ccc(OC)c(Cl)c2)C1=O. The Bertz CT molecular complexity index is 671. The van der Waals surface area contributed by atoms with Gasteiger partial charge in [0.25, 0.3) is 5.91 Å². The van der Waals surface area contributed by atoms with Crippen LogP contribution in [0.3, 0.4) is 0 Å². The summed E-state index contributed by atoms with van der Waals surface area (Å²) in [7, 11) is 2.67. The summed E-state index contributed by atoms with van der Waals surface area (Å²) in [4.78, 5) is 35.8. The first kappa shape index (κ1) is 15.8. The number of benzene rings is 1. The lowest BCUT2D eigenvalue weighted by Gasteiger charge is -2.09. The Hall–Kier alpha value is -2.54. The number of imide groups is 1. The molecule has 0 aliphatic carbocycles. The van der Waals surface area contributed by atoms with E-state index in [1.807, 2.05) is 0 Å². The van der Waals surface area contributed by atoms with Gasteiger partial charge in [0.05, 0.1) is 19.2 Å². The molecule has 0 atom stereocenters. The van der Waals surface area contributed by atoms with Crippen molar-refractivity contribution in [3.8, 4) is 5.75 Å². The van der Waals surface area contributed by atoms with Crippen molar-refractivity contribution in [2.24, 2.45) is 0 Å². The molecule has 1 N–H and O–H groups in total. The number of ether oxygens (including phenoxy) is 2. The number of amides is 3. The Kier molecular flexibility index (Phi) is 4.67. The summed E-state index contributed by atoms with van der Waals surface area (Å²) < 4.78 is 9.47. The van der Waals surface area contributed by atoms with Crippen molar-refractivity contribution in [2.45, 2.75) is 0 Å². The highest BCUT2D eigenvalue weighted by atomic mass is 35.5. The zero-order valence-corrected chi connectivity index (χ0v) is 12.6. The fourth-order valence-corrected chi connectivity index (χ4v) is 2.11. The van der Waals surface area contributed by atoms with Gasteiger partial charge >= 0.3 is 12.0 Å². The number of methoxy groups -OCH3 is 2. The maximum atomic E-state index is 12.1. The average molecular weight is 325 g/mol. The number of nitrogens with zero attached hydrogens (tertiary/aromatic N) is 1. The van der Waals surface area contributed by atoms with Crippen molar-refractivity contribution >= 4 is 35.6 Å². The van der Waals surface area contributed by atoms with E-state index in [0.717, 1.165) is 4.90 Å². The minimum atomic E-state index is -0.683. The minimum Gasteiger partial charge on any atom is -0.495 e. The molecule has 1 aliphatic heterocycles. The van der Waals surface area contributed by atoms with Crippen molar-refractivity contribution in [1.29, 1.82) is 0 Å². The van der Waals surface area contributed by atoms with Gasteiger partial charge in [0.15, 0.2) is 0 Å². The van der Waals surface area contributed by atoms with E-state index in [9.17, 15) is 14.4 Å². The first-order valence-electron chi connectivity index (χ1n) is 6.21. The second kappa shape index (κ2) is 6.48. The van der Waals surface area contributed by atoms with Gasteiger partial charge in [0.1, 0.15) is 18.0 Å². The van der Waals surface area contributed by atoms with Crippen LogP contribution in [0, 0.1) is 0 Å². The molecule has 1 fully saturated rings. The van der Waals surface area contributed by atoms with Gasteiger partial charge in [-0.2, -0.15) is 0 Å². The number of nitrogens with one attached hydrogen (secondary N) is 1. The maximum Gasteiger partial charge on any atom is 0.329 e. The van der Waals surface area contributed by atoms with E-state index < -0.39 is 24.5 Å². The molecule has 0 unspecified atom stereocenters. The molecule has 116 valence electrons. The highest BCUT2D eigenvalue weighted by molar-refractivity contribution is 6.32. The fraction of sp³-hybridized carbons (Fsp3) is 0.214. The van der Waals surface area contributed by atoms with E-state index in [-0.39, 0.29) is 5.70 Å². The van der Waals surface area contributed by atoms with Crippen LogP contribution < -0.4 is 10.1 Å². The summed E-state index contributed by atoms with van der Waals surface area (Å²) in [5.74, 6) is -0.794. The predicted molar refractivity (Wildman–Crippen MR) is 78.2 cm³/mol. The molecule has 1 heterocycles. The summed E-state index contributed by atoms with van der Waals surface area (Å²) in [5.41, 5.74) is 0.657. The number of halogens is 1. The largest absolute Gasteiger partial charge is 0.495 e. The molecule has 22 heavy (non-hydrogen) atoms. The van der Waals surface area contributed by atoms with Crippen LogP contribution in [-0.2, 0) is 14.3 Å². The van der Waals surface area contributed by atoms with E-state index in [0.29, 0.717) is 16.3 Å². The summed E-state index contributed by atoms with van der Waals surface area (Å²) in [5, 5.41) is 2.77. The molecule has 3 amide bonds. The summed E-state index contributed by atoms with van der Waals surface area (Å²) >= 11 is 6.00. The molecule has 0 bridgehead atoms. The molecule has 0 saturated carbocycles. The number of carbonyl (C=O) groups excluding carboxylic acids is 3. The molecule has 0 aromatic heterocycles. The molecule has 1 aliphatic rings. The van der Waals surface area contributed by atoms with Crippen molar-refractivity contribution in [3.63, 3.8) is 0 Å². The maximum absolute atomic E-state index is 12.1. The van der Waals surface area contributed by atoms with Gasteiger partial charge in [0.2, 0.25) is 0 Å². The van der Waals surface area contributed by atoms with Crippen molar-refractivity contribution in [2.75, 3.05) is 20.8 Å². The standard InChI is InChI=1S/C14H13ClN2O5/c1-21-11-4-3-8(5-9(11)15)6-10-13(19)17(14(20)16-10)7-12(18)22-2/h3-6H,7H2,1-2H3,(H,16,20). The van der Waals surface area contributed by atoms with Gasteiger partial charge in [-0.15, -0.1) is 0 Å². The molecule has 0 spiro atoms. The first-order valence-corrected chi connectivity index (χ1v) is 6.59. The monoisotopic (exact) mass is 324 g/mol. The highest BCUT2D eigenvalue weighted by Gasteiger charge is 2.35. The number of hydrogen-bond donors (Lipinski definition) is 1.